The number of aliphatic hydroxyl groups is 1. The molecule has 4 atom stereocenters. The van der Waals surface area contributed by atoms with Crippen LogP contribution in [-0.4, -0.2) is 92.3 Å². The summed E-state index contributed by atoms with van der Waals surface area (Å²) < 4.78 is 74.2. The predicted molar refractivity (Wildman–Crippen MR) is 142 cm³/mol. The molecular formula is C26H32F3N3O4S2. The van der Waals surface area contributed by atoms with Gasteiger partial charge in [-0.3, -0.25) is 0 Å². The molecule has 38 heavy (non-hydrogen) atoms. The molecule has 0 saturated carbocycles. The highest BCUT2D eigenvalue weighted by Crippen LogP contribution is 2.39. The first-order valence-corrected chi connectivity index (χ1v) is 14.6. The topological polar surface area (TPSA) is 73.3 Å². The number of ether oxygens (including phenoxy) is 1. The first-order valence-electron chi connectivity index (χ1n) is 12.7. The van der Waals surface area contributed by atoms with Crippen molar-refractivity contribution in [1.29, 1.82) is 0 Å². The predicted octanol–water partition coefficient (Wildman–Crippen LogP) is 3.07. The molecule has 1 unspecified atom stereocenters. The zero-order valence-corrected chi connectivity index (χ0v) is 22.7. The summed E-state index contributed by atoms with van der Waals surface area (Å²) in [6.07, 6.45) is 0.693. The summed E-state index contributed by atoms with van der Waals surface area (Å²) in [6, 6.07) is 5.50. The molecule has 4 aliphatic rings. The Hall–Kier alpha value is -1.83. The van der Waals surface area contributed by atoms with E-state index in [1.165, 1.54) is 16.4 Å². The van der Waals surface area contributed by atoms with Crippen LogP contribution in [0.3, 0.4) is 0 Å². The summed E-state index contributed by atoms with van der Waals surface area (Å²) in [6.45, 7) is 5.39. The summed E-state index contributed by atoms with van der Waals surface area (Å²) in [5.41, 5.74) is -2.52. The number of piperazine rings is 1. The number of rotatable bonds is 6. The van der Waals surface area contributed by atoms with E-state index in [2.05, 4.69) is 9.80 Å². The number of sulfonamides is 1. The second-order valence-electron chi connectivity index (χ2n) is 10.7. The minimum absolute atomic E-state index is 0.161. The van der Waals surface area contributed by atoms with E-state index in [1.807, 2.05) is 6.08 Å². The van der Waals surface area contributed by atoms with Crippen molar-refractivity contribution in [3.05, 3.63) is 53.0 Å². The van der Waals surface area contributed by atoms with E-state index < -0.39 is 21.8 Å². The normalized spacial score (nSPS) is 28.9. The van der Waals surface area contributed by atoms with Crippen molar-refractivity contribution in [3.63, 3.8) is 0 Å². The lowest BCUT2D eigenvalue weighted by atomic mass is 9.95. The van der Waals surface area contributed by atoms with E-state index in [9.17, 15) is 26.7 Å². The highest BCUT2D eigenvalue weighted by molar-refractivity contribution is 7.96. The summed E-state index contributed by atoms with van der Waals surface area (Å²) in [5, 5.41) is 10.1. The lowest BCUT2D eigenvalue weighted by molar-refractivity contribution is -0.258. The molecule has 3 heterocycles. The molecule has 3 aliphatic heterocycles. The van der Waals surface area contributed by atoms with Crippen LogP contribution in [-0.2, 0) is 20.4 Å². The Morgan fingerprint density at radius 2 is 1.74 bits per heavy atom. The third-order valence-electron chi connectivity index (χ3n) is 8.12. The van der Waals surface area contributed by atoms with E-state index in [4.69, 9.17) is 17.0 Å². The van der Waals surface area contributed by atoms with E-state index >= 15 is 0 Å². The van der Waals surface area contributed by atoms with Gasteiger partial charge in [0, 0.05) is 68.1 Å². The number of alkyl halides is 3. The maximum Gasteiger partial charge on any atom is 0.421 e. The van der Waals surface area contributed by atoms with Crippen LogP contribution in [0.4, 0.5) is 18.9 Å². The molecule has 0 spiro atoms. The van der Waals surface area contributed by atoms with Crippen LogP contribution in [0.15, 0.2) is 47.4 Å². The Bertz CT molecular complexity index is 1220. The number of fused-ring (bicyclic) bond motifs is 1. The molecule has 0 bridgehead atoms. The van der Waals surface area contributed by atoms with Crippen LogP contribution in [0.25, 0.3) is 0 Å². The van der Waals surface area contributed by atoms with Crippen LogP contribution in [0.1, 0.15) is 18.9 Å². The maximum atomic E-state index is 13.5. The number of benzene rings is 1. The van der Waals surface area contributed by atoms with Crippen molar-refractivity contribution in [1.82, 2.24) is 9.21 Å². The average Bonchev–Trinajstić information content (AvgIpc) is 3.45. The molecule has 0 aromatic heterocycles. The highest BCUT2D eigenvalue weighted by Gasteiger charge is 2.51. The third-order valence-corrected chi connectivity index (χ3v) is 10.6. The molecule has 1 N–H and O–H groups in total. The van der Waals surface area contributed by atoms with Crippen LogP contribution in [0.5, 0.6) is 0 Å². The molecule has 7 nitrogen and oxygen atoms in total. The van der Waals surface area contributed by atoms with Gasteiger partial charge in [0.15, 0.2) is 5.60 Å². The van der Waals surface area contributed by atoms with Gasteiger partial charge in [-0.1, -0.05) is 36.5 Å². The minimum atomic E-state index is -4.81. The van der Waals surface area contributed by atoms with Crippen molar-refractivity contribution < 1.29 is 31.4 Å². The summed E-state index contributed by atoms with van der Waals surface area (Å²) in [7, 11) is -3.79. The second kappa shape index (κ2) is 10.3. The number of nitrogens with zero attached hydrogens (tertiary/aromatic N) is 3. The molecule has 1 aliphatic carbocycles. The fourth-order valence-corrected chi connectivity index (χ4v) is 7.88. The Morgan fingerprint density at radius 1 is 1.08 bits per heavy atom. The van der Waals surface area contributed by atoms with Crippen LogP contribution >= 0.6 is 12.2 Å². The lowest BCUT2D eigenvalue weighted by Crippen LogP contribution is -2.58. The van der Waals surface area contributed by atoms with E-state index in [-0.39, 0.29) is 29.6 Å². The Morgan fingerprint density at radius 3 is 2.34 bits per heavy atom. The number of likely N-dealkylation sites (tertiary alicyclic amines) is 1. The van der Waals surface area contributed by atoms with E-state index in [0.29, 0.717) is 41.9 Å². The van der Waals surface area contributed by atoms with Crippen LogP contribution in [0, 0.1) is 11.8 Å². The van der Waals surface area contributed by atoms with Gasteiger partial charge in [-0.05, 0) is 30.7 Å². The SMILES string of the molecule is CC(O)(c1ccc(N2CCN(S(=O)(=O)C3=CC=CCC3=S)C[C@@H]2CN2C[C@H]3COC[C@H]3C2)cc1)C(F)(F)F. The minimum Gasteiger partial charge on any atom is -0.381 e. The van der Waals surface area contributed by atoms with Gasteiger partial charge in [-0.2, -0.15) is 17.5 Å². The van der Waals surface area contributed by atoms with Gasteiger partial charge in [0.25, 0.3) is 0 Å². The van der Waals surface area contributed by atoms with Gasteiger partial charge in [0.2, 0.25) is 10.0 Å². The molecule has 3 saturated heterocycles. The maximum absolute atomic E-state index is 13.5. The zero-order chi connectivity index (χ0) is 27.3. The number of thiocarbonyl (C=S) groups is 1. The van der Waals surface area contributed by atoms with Crippen LogP contribution < -0.4 is 4.90 Å². The second-order valence-corrected chi connectivity index (χ2v) is 13.1. The molecule has 1 aromatic carbocycles. The van der Waals surface area contributed by atoms with Gasteiger partial charge in [0.05, 0.1) is 24.2 Å². The summed E-state index contributed by atoms with van der Waals surface area (Å²) >= 11 is 5.35. The Balaban J connectivity index is 1.39. The molecular weight excluding hydrogens is 539 g/mol. The molecule has 0 amide bonds. The van der Waals surface area contributed by atoms with E-state index in [1.54, 1.807) is 24.3 Å². The van der Waals surface area contributed by atoms with Gasteiger partial charge in [-0.15, -0.1) is 0 Å². The molecule has 12 heteroatoms. The van der Waals surface area contributed by atoms with Gasteiger partial charge >= 0.3 is 6.18 Å². The number of hydrogen-bond donors (Lipinski definition) is 1. The fourth-order valence-electron chi connectivity index (χ4n) is 5.81. The number of anilines is 1. The number of allylic oxidation sites excluding steroid dienone is 4. The summed E-state index contributed by atoms with van der Waals surface area (Å²) in [5.74, 6) is 0.930. The van der Waals surface area contributed by atoms with Crippen molar-refractivity contribution in [2.24, 2.45) is 11.8 Å². The molecule has 0 radical (unpaired) electrons. The smallest absolute Gasteiger partial charge is 0.381 e. The number of halogens is 3. The standard InChI is InChI=1S/C26H32F3N3O4S2/c1-25(33,26(27,28)29)20-6-8-21(9-7-20)32-11-10-31(38(34,35)24-5-3-2-4-23(24)37)15-22(32)14-30-12-18-16-36-17-19(18)13-30/h2-3,5-9,18-19,22,33H,4,10-17H2,1H3/t18-,19+,22-,25?/m0/s1. The number of hydrogen-bond acceptors (Lipinski definition) is 7. The largest absolute Gasteiger partial charge is 0.421 e. The molecule has 5 rings (SSSR count). The monoisotopic (exact) mass is 571 g/mol. The van der Waals surface area contributed by atoms with Crippen LogP contribution in [0.2, 0.25) is 0 Å². The first-order chi connectivity index (χ1) is 17.9. The lowest BCUT2D eigenvalue weighted by Gasteiger charge is -2.44. The quantitative estimate of drug-likeness (QED) is 0.527. The first kappa shape index (κ1) is 27.7. The molecule has 1 aromatic rings. The van der Waals surface area contributed by atoms with Gasteiger partial charge < -0.3 is 19.6 Å². The Labute approximate surface area is 226 Å². The molecule has 3 fully saturated rings. The fraction of sp³-hybridized carbons (Fsp3) is 0.577. The van der Waals surface area contributed by atoms with Crippen molar-refractivity contribution in [3.8, 4) is 0 Å². The molecule has 208 valence electrons. The van der Waals surface area contributed by atoms with E-state index in [0.717, 1.165) is 33.2 Å². The third kappa shape index (κ3) is 5.18. The van der Waals surface area contributed by atoms with Crippen molar-refractivity contribution in [2.45, 2.75) is 31.2 Å². The Kier molecular flexibility index (Phi) is 7.51. The van der Waals surface area contributed by atoms with Gasteiger partial charge in [0.1, 0.15) is 0 Å². The zero-order valence-electron chi connectivity index (χ0n) is 21.1. The summed E-state index contributed by atoms with van der Waals surface area (Å²) in [4.78, 5) is 4.96. The van der Waals surface area contributed by atoms with Gasteiger partial charge in [-0.25, -0.2) is 8.42 Å². The van der Waals surface area contributed by atoms with Crippen molar-refractivity contribution >= 4 is 32.8 Å². The highest BCUT2D eigenvalue weighted by atomic mass is 32.2. The van der Waals surface area contributed by atoms with Crippen molar-refractivity contribution in [2.75, 3.05) is 57.4 Å². The average molecular weight is 572 g/mol.